The molecule has 1 aromatic heterocycles. The van der Waals surface area contributed by atoms with Crippen LogP contribution < -0.4 is 19.5 Å². The van der Waals surface area contributed by atoms with Crippen LogP contribution in [0.25, 0.3) is 10.8 Å². The number of aromatic nitrogens is 1. The highest BCUT2D eigenvalue weighted by Crippen LogP contribution is 2.48. The number of fused-ring (bicyclic) bond motifs is 3. The van der Waals surface area contributed by atoms with Crippen LogP contribution >= 0.6 is 0 Å². The van der Waals surface area contributed by atoms with E-state index in [-0.39, 0.29) is 42.9 Å². The third-order valence-corrected chi connectivity index (χ3v) is 14.6. The zero-order valence-electron chi connectivity index (χ0n) is 32.8. The number of carbonyl (C=O) groups excluding carboxylic acids is 4. The Bertz CT molecular complexity index is 2070. The number of halogens is 1. The minimum absolute atomic E-state index is 0.0413. The van der Waals surface area contributed by atoms with Gasteiger partial charge in [0.2, 0.25) is 27.7 Å². The summed E-state index contributed by atoms with van der Waals surface area (Å²) in [6.45, 7) is 7.30. The molecule has 304 valence electrons. The second-order valence-electron chi connectivity index (χ2n) is 17.2. The van der Waals surface area contributed by atoms with E-state index in [1.165, 1.54) is 42.3 Å². The summed E-state index contributed by atoms with van der Waals surface area (Å²) in [7, 11) is -1.07. The molecule has 16 heteroatoms. The molecule has 3 aliphatic carbocycles. The van der Waals surface area contributed by atoms with Crippen LogP contribution in [0.3, 0.4) is 0 Å². The van der Waals surface area contributed by atoms with Gasteiger partial charge in [-0.05, 0) is 89.2 Å². The molecule has 5 aliphatic rings. The number of allylic oxidation sites excluding steroid dienone is 1. The summed E-state index contributed by atoms with van der Waals surface area (Å²) in [5, 5.41) is 3.76. The van der Waals surface area contributed by atoms with Crippen molar-refractivity contribution in [2.75, 3.05) is 20.7 Å². The molecular weight excluding hydrogens is 746 g/mol. The lowest BCUT2D eigenvalue weighted by molar-refractivity contribution is -0.144. The number of nitrogens with zero attached hydrogens (tertiary/aromatic N) is 3. The van der Waals surface area contributed by atoms with E-state index in [1.54, 1.807) is 13.0 Å². The Hall–Kier alpha value is -4.47. The molecule has 3 heterocycles. The summed E-state index contributed by atoms with van der Waals surface area (Å²) in [6, 6.07) is 1.97. The average molecular weight is 798 g/mol. The lowest BCUT2D eigenvalue weighted by atomic mass is 9.87. The SMILES string of the molecule is COc1cc(F)cc2c(O[C@@H]3C[C@H]4C(=O)N[C@]5(C(=O)NS(=O)(=O)C6(C)CC6)C[C@H]5/C=C\CC[C@H](C)C[C@@H](C)[C@H](N(C)C(=O)OC5(C)CC5)C(=O)N4C3)nccc12. The number of methoxy groups -OCH3 is 1. The van der Waals surface area contributed by atoms with E-state index in [1.807, 2.05) is 26.0 Å². The van der Waals surface area contributed by atoms with Crippen molar-refractivity contribution in [1.29, 1.82) is 0 Å². The minimum Gasteiger partial charge on any atom is -0.496 e. The highest BCUT2D eigenvalue weighted by Gasteiger charge is 2.63. The molecule has 3 saturated carbocycles. The Labute approximate surface area is 326 Å². The number of amides is 4. The van der Waals surface area contributed by atoms with Crippen molar-refractivity contribution in [3.05, 3.63) is 42.4 Å². The molecule has 0 spiro atoms. The molecule has 7 atom stereocenters. The van der Waals surface area contributed by atoms with Crippen molar-refractivity contribution in [1.82, 2.24) is 24.8 Å². The highest BCUT2D eigenvalue weighted by molar-refractivity contribution is 7.91. The number of hydrogen-bond acceptors (Lipinski definition) is 10. The van der Waals surface area contributed by atoms with E-state index in [2.05, 4.69) is 21.9 Å². The van der Waals surface area contributed by atoms with Crippen molar-refractivity contribution in [3.8, 4) is 11.6 Å². The Morgan fingerprint density at radius 3 is 2.50 bits per heavy atom. The van der Waals surface area contributed by atoms with E-state index in [4.69, 9.17) is 14.2 Å². The molecule has 2 N–H and O–H groups in total. The number of pyridine rings is 1. The monoisotopic (exact) mass is 797 g/mol. The summed E-state index contributed by atoms with van der Waals surface area (Å²) in [5.41, 5.74) is -2.16. The number of carbonyl (C=O) groups is 4. The summed E-state index contributed by atoms with van der Waals surface area (Å²) in [6.07, 6.45) is 8.23. The van der Waals surface area contributed by atoms with Gasteiger partial charge in [-0.25, -0.2) is 22.6 Å². The third-order valence-electron chi connectivity index (χ3n) is 12.5. The van der Waals surface area contributed by atoms with E-state index in [0.29, 0.717) is 49.3 Å². The fraction of sp³-hybridized carbons (Fsp3) is 0.625. The third kappa shape index (κ3) is 7.64. The second-order valence-corrected chi connectivity index (χ2v) is 19.4. The number of likely N-dealkylation sites (N-methyl/N-ethyl adjacent to an activating group) is 1. The van der Waals surface area contributed by atoms with Crippen LogP contribution in [0, 0.1) is 23.6 Å². The zero-order chi connectivity index (χ0) is 40.4. The molecule has 1 saturated heterocycles. The Morgan fingerprint density at radius 1 is 1.09 bits per heavy atom. The van der Waals surface area contributed by atoms with Crippen molar-refractivity contribution >= 4 is 44.6 Å². The van der Waals surface area contributed by atoms with Gasteiger partial charge in [0.25, 0.3) is 5.91 Å². The first kappa shape index (κ1) is 39.8. The summed E-state index contributed by atoms with van der Waals surface area (Å²) in [5.74, 6) is -2.92. The maximum absolute atomic E-state index is 15.0. The van der Waals surface area contributed by atoms with Crippen molar-refractivity contribution in [2.45, 2.75) is 120 Å². The van der Waals surface area contributed by atoms with E-state index < -0.39 is 79.6 Å². The largest absolute Gasteiger partial charge is 0.496 e. The van der Waals surface area contributed by atoms with Crippen molar-refractivity contribution in [2.24, 2.45) is 17.8 Å². The molecular formula is C40H52FN5O9S. The van der Waals surface area contributed by atoms with Crippen LogP contribution in [0.1, 0.15) is 85.5 Å². The molecule has 2 aromatic rings. The van der Waals surface area contributed by atoms with Gasteiger partial charge in [-0.1, -0.05) is 26.0 Å². The number of nitrogens with one attached hydrogen (secondary N) is 2. The Morgan fingerprint density at radius 2 is 1.82 bits per heavy atom. The van der Waals surface area contributed by atoms with Gasteiger partial charge in [-0.2, -0.15) is 0 Å². The molecule has 0 radical (unpaired) electrons. The van der Waals surface area contributed by atoms with Gasteiger partial charge in [0.05, 0.1) is 23.8 Å². The van der Waals surface area contributed by atoms with Gasteiger partial charge >= 0.3 is 6.09 Å². The lowest BCUT2D eigenvalue weighted by Gasteiger charge is -2.37. The first-order valence-electron chi connectivity index (χ1n) is 19.5. The van der Waals surface area contributed by atoms with Crippen molar-refractivity contribution < 1.29 is 46.2 Å². The van der Waals surface area contributed by atoms with Gasteiger partial charge in [0, 0.05) is 37.0 Å². The molecule has 0 unspecified atom stereocenters. The fourth-order valence-electron chi connectivity index (χ4n) is 8.21. The van der Waals surface area contributed by atoms with Crippen LogP contribution in [0.2, 0.25) is 0 Å². The summed E-state index contributed by atoms with van der Waals surface area (Å²) in [4.78, 5) is 64.2. The second kappa shape index (κ2) is 14.5. The number of benzene rings is 1. The van der Waals surface area contributed by atoms with Gasteiger partial charge in [0.15, 0.2) is 0 Å². The summed E-state index contributed by atoms with van der Waals surface area (Å²) >= 11 is 0. The molecule has 56 heavy (non-hydrogen) atoms. The first-order valence-corrected chi connectivity index (χ1v) is 21.0. The molecule has 4 amide bonds. The van der Waals surface area contributed by atoms with E-state index in [0.717, 1.165) is 6.42 Å². The van der Waals surface area contributed by atoms with Crippen LogP contribution in [-0.2, 0) is 29.1 Å². The fourth-order valence-corrected chi connectivity index (χ4v) is 9.52. The Balaban J connectivity index is 1.24. The Kier molecular flexibility index (Phi) is 10.3. The number of hydrogen-bond donors (Lipinski definition) is 2. The zero-order valence-corrected chi connectivity index (χ0v) is 33.6. The maximum atomic E-state index is 15.0. The molecule has 7 rings (SSSR count). The quantitative estimate of drug-likeness (QED) is 0.360. The lowest BCUT2D eigenvalue weighted by Crippen LogP contribution is -2.59. The van der Waals surface area contributed by atoms with Gasteiger partial charge in [0.1, 0.15) is 40.9 Å². The number of rotatable bonds is 8. The standard InChI is InChI=1S/C40H52FN5O9S/c1-23-9-7-8-10-25-21-40(25,36(49)44-56(51,52)39(4)14-15-39)43-33(47)30-20-27(54-34-29-18-26(41)19-31(53-6)28(29)11-16-42-34)22-46(30)35(48)32(24(2)17-23)45(5)37(50)55-38(3)12-13-38/h8,10-11,16,18-19,23-25,27,30,32H,7,9,12-15,17,20-22H2,1-6H3,(H,43,47)(H,44,49)/b10-8-/t23-,24+,25+,27+,30-,32-,40+/m0/s1. The van der Waals surface area contributed by atoms with Crippen LogP contribution in [0.15, 0.2) is 36.5 Å². The predicted molar refractivity (Wildman–Crippen MR) is 203 cm³/mol. The normalized spacial score (nSPS) is 31.4. The van der Waals surface area contributed by atoms with E-state index in [9.17, 15) is 32.0 Å². The smallest absolute Gasteiger partial charge is 0.410 e. The van der Waals surface area contributed by atoms with Gasteiger partial charge in [-0.15, -0.1) is 0 Å². The molecule has 0 bridgehead atoms. The molecule has 1 aromatic carbocycles. The van der Waals surface area contributed by atoms with Gasteiger partial charge in [-0.3, -0.25) is 24.0 Å². The summed E-state index contributed by atoms with van der Waals surface area (Å²) < 4.78 is 59.9. The molecule has 2 aliphatic heterocycles. The molecule has 4 fully saturated rings. The van der Waals surface area contributed by atoms with Crippen LogP contribution in [0.4, 0.5) is 9.18 Å². The van der Waals surface area contributed by atoms with Crippen LogP contribution in [-0.4, -0.2) is 102 Å². The maximum Gasteiger partial charge on any atom is 0.410 e. The van der Waals surface area contributed by atoms with Crippen molar-refractivity contribution in [3.63, 3.8) is 0 Å². The predicted octanol–water partition coefficient (Wildman–Crippen LogP) is 4.61. The number of sulfonamides is 1. The highest BCUT2D eigenvalue weighted by atomic mass is 32.2. The average Bonchev–Trinajstić information content (AvgIpc) is 4.10. The first-order chi connectivity index (χ1) is 26.4. The number of ether oxygens (including phenoxy) is 3. The van der Waals surface area contributed by atoms with E-state index >= 15 is 0 Å². The van der Waals surface area contributed by atoms with Crippen LogP contribution in [0.5, 0.6) is 11.6 Å². The minimum atomic E-state index is -4.02. The molecule has 14 nitrogen and oxygen atoms in total. The topological polar surface area (TPSA) is 174 Å². The van der Waals surface area contributed by atoms with Gasteiger partial charge < -0.3 is 24.4 Å².